The van der Waals surface area contributed by atoms with E-state index in [0.29, 0.717) is 26.2 Å². The van der Waals surface area contributed by atoms with E-state index >= 15 is 0 Å². The van der Waals surface area contributed by atoms with E-state index in [1.807, 2.05) is 47.4 Å². The number of ether oxygens (including phenoxy) is 1. The molecule has 1 saturated heterocycles. The first kappa shape index (κ1) is 23.0. The number of pyridine rings is 1. The van der Waals surface area contributed by atoms with Crippen LogP contribution in [0.5, 0.6) is 5.75 Å². The van der Waals surface area contributed by atoms with Gasteiger partial charge in [0.1, 0.15) is 5.75 Å². The van der Waals surface area contributed by atoms with Gasteiger partial charge in [0.05, 0.1) is 19.1 Å². The van der Waals surface area contributed by atoms with Crippen molar-refractivity contribution in [1.29, 1.82) is 0 Å². The summed E-state index contributed by atoms with van der Waals surface area (Å²) in [4.78, 5) is 31.3. The van der Waals surface area contributed by atoms with Crippen LogP contribution in [0.15, 0.2) is 71.5 Å². The summed E-state index contributed by atoms with van der Waals surface area (Å²) in [6.45, 7) is 2.17. The van der Waals surface area contributed by atoms with Crippen molar-refractivity contribution in [3.63, 3.8) is 0 Å². The van der Waals surface area contributed by atoms with Gasteiger partial charge in [0, 0.05) is 62.1 Å². The standard InChI is InChI=1S/C29H31N3O4/c1-36-25-11-5-4-9-21(25)16-32-24-17-31-23(10-6-12-26(31)34)28(32)27(22(24)18-33)29(35)30-14-13-19-7-2-3-8-20(19)15-30/h2-12,22,24,27-28,33H,13-18H2,1H3/t22-,24-,27+,28+/m1/s1. The average molecular weight is 486 g/mol. The lowest BCUT2D eigenvalue weighted by Crippen LogP contribution is -2.46. The Morgan fingerprint density at radius 3 is 2.61 bits per heavy atom. The summed E-state index contributed by atoms with van der Waals surface area (Å²) >= 11 is 0. The molecule has 3 aliphatic heterocycles. The second kappa shape index (κ2) is 9.22. The van der Waals surface area contributed by atoms with E-state index < -0.39 is 5.92 Å². The molecule has 0 unspecified atom stereocenters. The molecule has 1 fully saturated rings. The van der Waals surface area contributed by atoms with Gasteiger partial charge in [0.2, 0.25) is 5.91 Å². The van der Waals surface area contributed by atoms with Gasteiger partial charge < -0.3 is 19.3 Å². The molecule has 1 amide bonds. The van der Waals surface area contributed by atoms with Gasteiger partial charge in [-0.05, 0) is 29.7 Å². The monoisotopic (exact) mass is 485 g/mol. The summed E-state index contributed by atoms with van der Waals surface area (Å²) in [5.74, 6) is 0.152. The second-order valence-corrected chi connectivity index (χ2v) is 10.0. The highest BCUT2D eigenvalue weighted by Gasteiger charge is 2.56. The highest BCUT2D eigenvalue weighted by atomic mass is 16.5. The summed E-state index contributed by atoms with van der Waals surface area (Å²) in [6.07, 6.45) is 0.827. The minimum Gasteiger partial charge on any atom is -0.496 e. The van der Waals surface area contributed by atoms with Gasteiger partial charge in [-0.3, -0.25) is 14.5 Å². The van der Waals surface area contributed by atoms with Crippen molar-refractivity contribution in [2.24, 2.45) is 11.8 Å². The van der Waals surface area contributed by atoms with Crippen LogP contribution in [0, 0.1) is 11.8 Å². The molecule has 0 saturated carbocycles. The maximum Gasteiger partial charge on any atom is 0.250 e. The minimum absolute atomic E-state index is 0.0591. The Kier molecular flexibility index (Phi) is 5.90. The van der Waals surface area contributed by atoms with Crippen molar-refractivity contribution in [1.82, 2.24) is 14.4 Å². The third kappa shape index (κ3) is 3.65. The Hall–Kier alpha value is -3.42. The summed E-state index contributed by atoms with van der Waals surface area (Å²) < 4.78 is 7.42. The van der Waals surface area contributed by atoms with E-state index in [4.69, 9.17) is 4.74 Å². The Labute approximate surface area is 210 Å². The van der Waals surface area contributed by atoms with Crippen molar-refractivity contribution >= 4 is 5.91 Å². The van der Waals surface area contributed by atoms with Crippen molar-refractivity contribution in [2.45, 2.75) is 38.1 Å². The predicted octanol–water partition coefficient (Wildman–Crippen LogP) is 2.61. The number of hydrogen-bond acceptors (Lipinski definition) is 5. The Morgan fingerprint density at radius 2 is 1.81 bits per heavy atom. The van der Waals surface area contributed by atoms with E-state index in [1.165, 1.54) is 11.1 Å². The fourth-order valence-corrected chi connectivity index (χ4v) is 6.60. The van der Waals surface area contributed by atoms with Gasteiger partial charge in [-0.2, -0.15) is 0 Å². The van der Waals surface area contributed by atoms with Crippen molar-refractivity contribution in [3.05, 3.63) is 99.5 Å². The second-order valence-electron chi connectivity index (χ2n) is 10.0. The van der Waals surface area contributed by atoms with Gasteiger partial charge in [-0.1, -0.05) is 48.5 Å². The number of aliphatic hydroxyl groups is 1. The Morgan fingerprint density at radius 1 is 1.03 bits per heavy atom. The van der Waals surface area contributed by atoms with Crippen molar-refractivity contribution in [3.8, 4) is 5.75 Å². The number of amides is 1. The lowest BCUT2D eigenvalue weighted by atomic mass is 9.85. The summed E-state index contributed by atoms with van der Waals surface area (Å²) in [5, 5.41) is 10.6. The van der Waals surface area contributed by atoms with Crippen LogP contribution in [-0.2, 0) is 30.8 Å². The number of nitrogens with zero attached hydrogens (tertiary/aromatic N) is 3. The third-order valence-corrected chi connectivity index (χ3v) is 8.32. The first-order valence-electron chi connectivity index (χ1n) is 12.6. The van der Waals surface area contributed by atoms with E-state index in [0.717, 1.165) is 23.4 Å². The van der Waals surface area contributed by atoms with Crippen LogP contribution < -0.4 is 10.3 Å². The van der Waals surface area contributed by atoms with Crippen molar-refractivity contribution < 1.29 is 14.6 Å². The number of rotatable bonds is 5. The van der Waals surface area contributed by atoms with E-state index in [9.17, 15) is 14.7 Å². The molecule has 1 aromatic heterocycles. The summed E-state index contributed by atoms with van der Waals surface area (Å²) in [5.41, 5.74) is 4.29. The molecule has 6 rings (SSSR count). The topological polar surface area (TPSA) is 75.0 Å². The van der Waals surface area contributed by atoms with Gasteiger partial charge in [0.15, 0.2) is 0 Å². The molecule has 4 atom stereocenters. The number of fused-ring (bicyclic) bond motifs is 5. The number of carbonyl (C=O) groups is 1. The van der Waals surface area contributed by atoms with Gasteiger partial charge in [0.25, 0.3) is 5.56 Å². The molecule has 0 radical (unpaired) electrons. The zero-order valence-electron chi connectivity index (χ0n) is 20.4. The van der Waals surface area contributed by atoms with Crippen LogP contribution in [0.4, 0.5) is 0 Å². The third-order valence-electron chi connectivity index (χ3n) is 8.32. The molecule has 36 heavy (non-hydrogen) atoms. The molecule has 186 valence electrons. The van der Waals surface area contributed by atoms with Gasteiger partial charge in [-0.15, -0.1) is 0 Å². The Bertz CT molecular complexity index is 1350. The molecule has 0 spiro atoms. The molecule has 4 heterocycles. The zero-order chi connectivity index (χ0) is 24.8. The van der Waals surface area contributed by atoms with Crippen LogP contribution in [0.2, 0.25) is 0 Å². The molecule has 0 aliphatic carbocycles. The van der Waals surface area contributed by atoms with E-state index in [-0.39, 0.29) is 36.1 Å². The number of aromatic nitrogens is 1. The van der Waals surface area contributed by atoms with Crippen LogP contribution >= 0.6 is 0 Å². The number of hydrogen-bond donors (Lipinski definition) is 1. The zero-order valence-corrected chi connectivity index (χ0v) is 20.4. The van der Waals surface area contributed by atoms with Gasteiger partial charge >= 0.3 is 0 Å². The van der Waals surface area contributed by atoms with Crippen LogP contribution in [-0.4, -0.2) is 51.7 Å². The normalized spacial score (nSPS) is 24.8. The largest absolute Gasteiger partial charge is 0.496 e. The number of methoxy groups -OCH3 is 1. The van der Waals surface area contributed by atoms with E-state index in [2.05, 4.69) is 17.0 Å². The maximum atomic E-state index is 14.2. The summed E-state index contributed by atoms with van der Waals surface area (Å²) in [6, 6.07) is 21.1. The molecule has 7 nitrogen and oxygen atoms in total. The molecular weight excluding hydrogens is 454 g/mol. The molecule has 3 aromatic rings. The molecule has 2 bridgehead atoms. The van der Waals surface area contributed by atoms with E-state index in [1.54, 1.807) is 23.8 Å². The number of aliphatic hydroxyl groups excluding tert-OH is 1. The average Bonchev–Trinajstić information content (AvgIpc) is 3.12. The van der Waals surface area contributed by atoms with Crippen LogP contribution in [0.25, 0.3) is 0 Å². The highest BCUT2D eigenvalue weighted by Crippen LogP contribution is 2.50. The molecular formula is C29H31N3O4. The Balaban J connectivity index is 1.41. The minimum atomic E-state index is -0.435. The van der Waals surface area contributed by atoms with Gasteiger partial charge in [-0.25, -0.2) is 0 Å². The molecule has 7 heteroatoms. The predicted molar refractivity (Wildman–Crippen MR) is 135 cm³/mol. The maximum absolute atomic E-state index is 14.2. The first-order chi connectivity index (χ1) is 17.6. The highest BCUT2D eigenvalue weighted by molar-refractivity contribution is 5.81. The molecule has 2 aromatic carbocycles. The summed E-state index contributed by atoms with van der Waals surface area (Å²) in [7, 11) is 1.66. The molecule has 3 aliphatic rings. The fourth-order valence-electron chi connectivity index (χ4n) is 6.60. The number of benzene rings is 2. The first-order valence-corrected chi connectivity index (χ1v) is 12.6. The number of carbonyl (C=O) groups excluding carboxylic acids is 1. The quantitative estimate of drug-likeness (QED) is 0.602. The smallest absolute Gasteiger partial charge is 0.250 e. The lowest BCUT2D eigenvalue weighted by molar-refractivity contribution is -0.139. The fraction of sp³-hybridized carbons (Fsp3) is 0.379. The molecule has 1 N–H and O–H groups in total. The lowest BCUT2D eigenvalue weighted by Gasteiger charge is -2.39. The van der Waals surface area contributed by atoms with Crippen LogP contribution in [0.3, 0.4) is 0 Å². The van der Waals surface area contributed by atoms with Crippen LogP contribution in [0.1, 0.15) is 28.4 Å². The number of para-hydroxylation sites is 1. The SMILES string of the molecule is COc1ccccc1CN1[C@@H]2Cn3c(cccc3=O)[C@H]1[C@@H](C(=O)N1CCc3ccccc3C1)[C@@H]2CO. The van der Waals surface area contributed by atoms with Crippen molar-refractivity contribution in [2.75, 3.05) is 20.3 Å².